The van der Waals surface area contributed by atoms with Crippen LogP contribution < -0.4 is 0 Å². The molecule has 0 saturated heterocycles. The number of allylic oxidation sites excluding steroid dienone is 2. The lowest BCUT2D eigenvalue weighted by molar-refractivity contribution is 0.621. The lowest BCUT2D eigenvalue weighted by Crippen LogP contribution is -1.95. The van der Waals surface area contributed by atoms with E-state index >= 15 is 0 Å². The van der Waals surface area contributed by atoms with Crippen molar-refractivity contribution in [2.45, 2.75) is 39.0 Å². The van der Waals surface area contributed by atoms with Crippen molar-refractivity contribution in [3.8, 4) is 0 Å². The molecular weight excluding hydrogens is 120 g/mol. The maximum Gasteiger partial charge on any atom is 0.0349 e. The zero-order valence-electron chi connectivity index (χ0n) is 7.69. The van der Waals surface area contributed by atoms with Crippen LogP contribution in [0.4, 0.5) is 0 Å². The van der Waals surface area contributed by atoms with Crippen molar-refractivity contribution in [2.24, 2.45) is 11.8 Å². The molecule has 1 saturated carbocycles. The molecule has 0 aromatic heterocycles. The summed E-state index contributed by atoms with van der Waals surface area (Å²) in [6.07, 6.45) is 8.28. The van der Waals surface area contributed by atoms with Gasteiger partial charge in [0.2, 0.25) is 0 Å². The third kappa shape index (κ3) is 0.902. The third-order valence-corrected chi connectivity index (χ3v) is 2.74. The highest BCUT2D eigenvalue weighted by Gasteiger charge is 2.31. The van der Waals surface area contributed by atoms with Gasteiger partial charge in [-0.25, -0.2) is 0 Å². The smallest absolute Gasteiger partial charge is 0.0349 e. The van der Waals surface area contributed by atoms with E-state index in [4.69, 9.17) is 1.37 Å². The Morgan fingerprint density at radius 3 is 3.10 bits per heavy atom. The molecule has 2 rings (SSSR count). The summed E-state index contributed by atoms with van der Waals surface area (Å²) in [4.78, 5) is 0. The van der Waals surface area contributed by atoms with E-state index in [1.165, 1.54) is 24.8 Å². The molecule has 10 heavy (non-hydrogen) atoms. The Bertz CT molecular complexity index is 195. The summed E-state index contributed by atoms with van der Waals surface area (Å²) in [5.74, 6) is 0.662. The minimum absolute atomic E-state index is 0.110. The maximum absolute atomic E-state index is 8.16. The average Bonchev–Trinajstić information content (AvgIpc) is 2.44. The van der Waals surface area contributed by atoms with Crippen LogP contribution in [0.1, 0.15) is 40.4 Å². The monoisotopic (exact) mass is 137 g/mol. The summed E-state index contributed by atoms with van der Waals surface area (Å²) in [6, 6.07) is 0. The summed E-state index contributed by atoms with van der Waals surface area (Å²) < 4.78 is 8.16. The predicted octanol–water partition coefficient (Wildman–Crippen LogP) is 3.14. The molecular formula is C10H16. The lowest BCUT2D eigenvalue weighted by atomic mass is 9.95. The molecule has 0 spiro atoms. The first-order valence-electron chi connectivity index (χ1n) is 4.96. The standard InChI is InChI=1S/C10H16/c1-2-3-9-6-8-4-5-10(9)7-8/h6,8,10H,2-5,7H2,1H3/i10D. The van der Waals surface area contributed by atoms with Crippen molar-refractivity contribution in [3.05, 3.63) is 11.6 Å². The highest BCUT2D eigenvalue weighted by Crippen LogP contribution is 2.44. The van der Waals surface area contributed by atoms with Crippen LogP contribution in [0.5, 0.6) is 0 Å². The van der Waals surface area contributed by atoms with Gasteiger partial charge in [0.05, 0.1) is 0 Å². The molecule has 2 unspecified atom stereocenters. The molecule has 0 heteroatoms. The largest absolute Gasteiger partial charge is 0.0819 e. The molecule has 0 heterocycles. The first-order valence-corrected chi connectivity index (χ1v) is 4.46. The second-order valence-electron chi connectivity index (χ2n) is 3.55. The van der Waals surface area contributed by atoms with E-state index in [2.05, 4.69) is 13.0 Å². The zero-order valence-corrected chi connectivity index (χ0v) is 6.69. The maximum atomic E-state index is 8.16. The molecule has 1 fully saturated rings. The van der Waals surface area contributed by atoms with Crippen LogP contribution in [0.3, 0.4) is 0 Å². The second kappa shape index (κ2) is 2.41. The SMILES string of the molecule is [2H]C12CCC(C=C1CCC)C2. The zero-order chi connectivity index (χ0) is 7.90. The topological polar surface area (TPSA) is 0 Å². The van der Waals surface area contributed by atoms with Crippen LogP contribution >= 0.6 is 0 Å². The van der Waals surface area contributed by atoms with E-state index in [-0.39, 0.29) is 5.89 Å². The minimum Gasteiger partial charge on any atom is -0.0819 e. The van der Waals surface area contributed by atoms with Crippen LogP contribution in [0.15, 0.2) is 11.6 Å². The van der Waals surface area contributed by atoms with E-state index in [0.717, 1.165) is 18.8 Å². The van der Waals surface area contributed by atoms with Crippen LogP contribution in [0.2, 0.25) is 0 Å². The summed E-state index contributed by atoms with van der Waals surface area (Å²) in [7, 11) is 0. The van der Waals surface area contributed by atoms with Crippen molar-refractivity contribution < 1.29 is 1.37 Å². The molecule has 2 aliphatic rings. The molecule has 56 valence electrons. The molecule has 0 amide bonds. The van der Waals surface area contributed by atoms with Gasteiger partial charge in [-0.1, -0.05) is 25.0 Å². The van der Waals surface area contributed by atoms with Crippen LogP contribution in [0, 0.1) is 11.8 Å². The summed E-state index contributed by atoms with van der Waals surface area (Å²) in [5, 5.41) is 0. The minimum atomic E-state index is -0.110. The molecule has 0 aromatic carbocycles. The van der Waals surface area contributed by atoms with Gasteiger partial charge in [0.1, 0.15) is 0 Å². The van der Waals surface area contributed by atoms with Crippen molar-refractivity contribution in [1.29, 1.82) is 0 Å². The Morgan fingerprint density at radius 2 is 2.60 bits per heavy atom. The van der Waals surface area contributed by atoms with Gasteiger partial charge in [-0.15, -0.1) is 0 Å². The second-order valence-corrected chi connectivity index (χ2v) is 3.55. The van der Waals surface area contributed by atoms with Crippen LogP contribution in [0.25, 0.3) is 0 Å². The fourth-order valence-corrected chi connectivity index (χ4v) is 2.25. The van der Waals surface area contributed by atoms with Gasteiger partial charge in [-0.2, -0.15) is 0 Å². The summed E-state index contributed by atoms with van der Waals surface area (Å²) >= 11 is 0. The van der Waals surface area contributed by atoms with E-state index in [1.807, 2.05) is 0 Å². The highest BCUT2D eigenvalue weighted by atomic mass is 14.4. The van der Waals surface area contributed by atoms with Gasteiger partial charge in [0.15, 0.2) is 0 Å². The van der Waals surface area contributed by atoms with Gasteiger partial charge < -0.3 is 0 Å². The van der Waals surface area contributed by atoms with Gasteiger partial charge in [-0.3, -0.25) is 0 Å². The molecule has 0 radical (unpaired) electrons. The Kier molecular flexibility index (Phi) is 1.30. The number of fused-ring (bicyclic) bond motifs is 2. The number of hydrogen-bond acceptors (Lipinski definition) is 0. The Balaban J connectivity index is 2.16. The fraction of sp³-hybridized carbons (Fsp3) is 0.800. The quantitative estimate of drug-likeness (QED) is 0.513. The summed E-state index contributed by atoms with van der Waals surface area (Å²) in [6.45, 7) is 2.20. The van der Waals surface area contributed by atoms with E-state index < -0.39 is 0 Å². The third-order valence-electron chi connectivity index (χ3n) is 2.74. The number of rotatable bonds is 2. The molecule has 2 aliphatic carbocycles. The predicted molar refractivity (Wildman–Crippen MR) is 43.8 cm³/mol. The summed E-state index contributed by atoms with van der Waals surface area (Å²) in [5.41, 5.74) is 1.44. The molecule has 0 aliphatic heterocycles. The van der Waals surface area contributed by atoms with Gasteiger partial charge in [0, 0.05) is 1.37 Å². The Labute approximate surface area is 64.7 Å². The van der Waals surface area contributed by atoms with Crippen molar-refractivity contribution in [2.75, 3.05) is 0 Å². The van der Waals surface area contributed by atoms with Gasteiger partial charge >= 0.3 is 0 Å². The Morgan fingerprint density at radius 1 is 1.70 bits per heavy atom. The van der Waals surface area contributed by atoms with Crippen molar-refractivity contribution >= 4 is 0 Å². The van der Waals surface area contributed by atoms with E-state index in [9.17, 15) is 0 Å². The Hall–Kier alpha value is -0.260. The first kappa shape index (κ1) is 5.40. The van der Waals surface area contributed by atoms with E-state index in [1.54, 1.807) is 0 Å². The molecule has 0 aromatic rings. The van der Waals surface area contributed by atoms with Crippen LogP contribution in [-0.4, -0.2) is 0 Å². The molecule has 2 atom stereocenters. The van der Waals surface area contributed by atoms with Gasteiger partial charge in [-0.05, 0) is 37.5 Å². The van der Waals surface area contributed by atoms with E-state index in [0.29, 0.717) is 0 Å². The van der Waals surface area contributed by atoms with Crippen molar-refractivity contribution in [1.82, 2.24) is 0 Å². The molecule has 0 nitrogen and oxygen atoms in total. The average molecular weight is 137 g/mol. The first-order chi connectivity index (χ1) is 5.24. The van der Waals surface area contributed by atoms with Gasteiger partial charge in [0.25, 0.3) is 0 Å². The van der Waals surface area contributed by atoms with Crippen LogP contribution in [-0.2, 0) is 0 Å². The number of hydrogen-bond donors (Lipinski definition) is 0. The highest BCUT2D eigenvalue weighted by molar-refractivity contribution is 5.19. The molecule has 0 N–H and O–H groups in total. The molecule has 2 bridgehead atoms. The normalized spacial score (nSPS) is 45.5. The van der Waals surface area contributed by atoms with Crippen molar-refractivity contribution in [3.63, 3.8) is 0 Å². The fourth-order valence-electron chi connectivity index (χ4n) is 2.25. The lowest BCUT2D eigenvalue weighted by Gasteiger charge is -2.11.